The second kappa shape index (κ2) is 7.01. The molecule has 112 valence electrons. The van der Waals surface area contributed by atoms with Crippen molar-refractivity contribution in [1.82, 2.24) is 14.9 Å². The van der Waals surface area contributed by atoms with E-state index in [4.69, 9.17) is 34.8 Å². The molecule has 1 heterocycles. The fourth-order valence-corrected chi connectivity index (χ4v) is 2.69. The highest BCUT2D eigenvalue weighted by molar-refractivity contribution is 9.10. The maximum absolute atomic E-state index is 12.4. The van der Waals surface area contributed by atoms with Crippen molar-refractivity contribution in [1.29, 1.82) is 0 Å². The van der Waals surface area contributed by atoms with Gasteiger partial charge < -0.3 is 9.88 Å². The second-order valence-corrected chi connectivity index (χ2v) is 6.92. The Morgan fingerprint density at radius 2 is 2.14 bits per heavy atom. The Morgan fingerprint density at radius 1 is 1.43 bits per heavy atom. The maximum atomic E-state index is 12.4. The molecule has 0 saturated heterocycles. The smallest absolute Gasteiger partial charge is 0.254 e. The summed E-state index contributed by atoms with van der Waals surface area (Å²) in [7, 11) is 0. The van der Waals surface area contributed by atoms with E-state index >= 15 is 0 Å². The number of aromatic nitrogens is 2. The Kier molecular flexibility index (Phi) is 5.54. The average molecular weight is 412 g/mol. The third-order valence-electron chi connectivity index (χ3n) is 2.79. The van der Waals surface area contributed by atoms with Crippen LogP contribution in [0.1, 0.15) is 16.5 Å². The molecular weight excluding hydrogens is 400 g/mol. The van der Waals surface area contributed by atoms with E-state index in [1.807, 2.05) is 6.07 Å². The Labute approximate surface area is 145 Å². The summed E-state index contributed by atoms with van der Waals surface area (Å²) >= 11 is 21.6. The molecule has 1 aromatic carbocycles. The zero-order chi connectivity index (χ0) is 15.5. The lowest BCUT2D eigenvalue weighted by Gasteiger charge is -2.30. The van der Waals surface area contributed by atoms with Gasteiger partial charge in [-0.2, -0.15) is 0 Å². The molecule has 1 atom stereocenters. The van der Waals surface area contributed by atoms with Gasteiger partial charge in [0.15, 0.2) is 4.33 Å². The maximum Gasteiger partial charge on any atom is 0.254 e. The zero-order valence-corrected chi connectivity index (χ0v) is 14.5. The number of benzene rings is 1. The Bertz CT molecular complexity index is 619. The van der Waals surface area contributed by atoms with E-state index in [9.17, 15) is 4.79 Å². The van der Waals surface area contributed by atoms with Crippen LogP contribution in [0, 0.1) is 0 Å². The van der Waals surface area contributed by atoms with Crippen molar-refractivity contribution < 1.29 is 4.79 Å². The number of nitrogens with one attached hydrogen (secondary N) is 1. The molecule has 0 aliphatic rings. The van der Waals surface area contributed by atoms with Gasteiger partial charge in [0.05, 0.1) is 17.8 Å². The highest BCUT2D eigenvalue weighted by Crippen LogP contribution is 2.34. The van der Waals surface area contributed by atoms with Gasteiger partial charge in [-0.15, -0.1) is 11.6 Å². The lowest BCUT2D eigenvalue weighted by molar-refractivity contribution is 0.0915. The fourth-order valence-electron chi connectivity index (χ4n) is 1.74. The predicted molar refractivity (Wildman–Crippen MR) is 88.0 cm³/mol. The van der Waals surface area contributed by atoms with Gasteiger partial charge in [0.25, 0.3) is 5.91 Å². The molecule has 2 aromatic rings. The molecule has 21 heavy (non-hydrogen) atoms. The van der Waals surface area contributed by atoms with E-state index in [1.54, 1.807) is 35.2 Å². The van der Waals surface area contributed by atoms with Crippen LogP contribution in [0.25, 0.3) is 0 Å². The number of rotatable bonds is 5. The third kappa shape index (κ3) is 3.92. The summed E-state index contributed by atoms with van der Waals surface area (Å²) in [6.45, 7) is 0. The molecule has 2 rings (SSSR count). The molecule has 8 heteroatoms. The van der Waals surface area contributed by atoms with Gasteiger partial charge in [-0.1, -0.05) is 35.3 Å². The van der Waals surface area contributed by atoms with E-state index < -0.39 is 10.5 Å². The van der Waals surface area contributed by atoms with Crippen molar-refractivity contribution in [3.63, 3.8) is 0 Å². The highest BCUT2D eigenvalue weighted by atomic mass is 79.9. The zero-order valence-electron chi connectivity index (χ0n) is 10.6. The fraction of sp³-hybridized carbons (Fsp3) is 0.231. The number of carbonyl (C=O) groups is 1. The molecule has 0 aliphatic carbocycles. The molecule has 0 spiro atoms. The Morgan fingerprint density at radius 3 is 2.71 bits per heavy atom. The van der Waals surface area contributed by atoms with Crippen molar-refractivity contribution in [3.05, 3.63) is 53.0 Å². The minimum atomic E-state index is -1.38. The van der Waals surface area contributed by atoms with Crippen molar-refractivity contribution in [2.45, 2.75) is 10.5 Å². The molecule has 0 fully saturated rings. The standard InChI is InChI=1S/C13H11BrCl3N3O/c14-10-4-2-1-3-9(10)11(21)19-12(13(16,17)7-15)20-6-5-18-8-20/h1-6,8,12H,7H2,(H,19,21). The number of carbonyl (C=O) groups excluding carboxylic acids is 1. The normalized spacial score (nSPS) is 13.0. The SMILES string of the molecule is O=C(NC(n1ccnc1)C(Cl)(Cl)CCl)c1ccccc1Br. The second-order valence-electron chi connectivity index (χ2n) is 4.26. The molecular formula is C13H11BrCl3N3O. The first-order valence-corrected chi connectivity index (χ1v) is 8.00. The van der Waals surface area contributed by atoms with E-state index in [2.05, 4.69) is 26.2 Å². The summed E-state index contributed by atoms with van der Waals surface area (Å²) < 4.78 is 0.892. The van der Waals surface area contributed by atoms with Crippen molar-refractivity contribution in [3.8, 4) is 0 Å². The van der Waals surface area contributed by atoms with Crippen LogP contribution in [0.15, 0.2) is 47.5 Å². The van der Waals surface area contributed by atoms with E-state index in [-0.39, 0.29) is 11.8 Å². The lowest BCUT2D eigenvalue weighted by Crippen LogP contribution is -2.43. The summed E-state index contributed by atoms with van der Waals surface area (Å²) in [5.41, 5.74) is 0.473. The summed E-state index contributed by atoms with van der Waals surface area (Å²) in [5, 5.41) is 2.77. The number of amides is 1. The summed E-state index contributed by atoms with van der Waals surface area (Å²) in [6, 6.07) is 7.05. The molecule has 1 N–H and O–H groups in total. The van der Waals surface area contributed by atoms with Gasteiger partial charge in [0.1, 0.15) is 6.17 Å². The molecule has 1 aromatic heterocycles. The molecule has 0 radical (unpaired) electrons. The van der Waals surface area contributed by atoms with Crippen molar-refractivity contribution in [2.24, 2.45) is 0 Å². The van der Waals surface area contributed by atoms with Crippen LogP contribution in [0.5, 0.6) is 0 Å². The molecule has 0 bridgehead atoms. The molecule has 1 amide bonds. The van der Waals surface area contributed by atoms with Gasteiger partial charge in [-0.05, 0) is 28.1 Å². The van der Waals surface area contributed by atoms with Crippen LogP contribution >= 0.6 is 50.7 Å². The van der Waals surface area contributed by atoms with Crippen LogP contribution < -0.4 is 5.32 Å². The largest absolute Gasteiger partial charge is 0.329 e. The minimum Gasteiger partial charge on any atom is -0.329 e. The van der Waals surface area contributed by atoms with Crippen LogP contribution in [0.4, 0.5) is 0 Å². The quantitative estimate of drug-likeness (QED) is 0.757. The molecule has 1 unspecified atom stereocenters. The first-order chi connectivity index (χ1) is 9.95. The van der Waals surface area contributed by atoms with Crippen molar-refractivity contribution >= 4 is 56.6 Å². The number of alkyl halides is 3. The molecule has 0 aliphatic heterocycles. The number of hydrogen-bond acceptors (Lipinski definition) is 2. The van der Waals surface area contributed by atoms with E-state index in [1.165, 1.54) is 6.33 Å². The number of halogens is 4. The first-order valence-electron chi connectivity index (χ1n) is 5.92. The predicted octanol–water partition coefficient (Wildman–Crippen LogP) is 3.99. The minimum absolute atomic E-state index is 0.0603. The van der Waals surface area contributed by atoms with Gasteiger partial charge in [0, 0.05) is 16.9 Å². The van der Waals surface area contributed by atoms with Crippen LogP contribution in [-0.2, 0) is 0 Å². The first kappa shape index (κ1) is 16.6. The van der Waals surface area contributed by atoms with E-state index in [0.29, 0.717) is 10.0 Å². The third-order valence-corrected chi connectivity index (χ3v) is 4.85. The number of nitrogens with zero attached hydrogens (tertiary/aromatic N) is 2. The van der Waals surface area contributed by atoms with Gasteiger partial charge in [-0.3, -0.25) is 4.79 Å². The van der Waals surface area contributed by atoms with Crippen LogP contribution in [0.2, 0.25) is 0 Å². The summed E-state index contributed by atoms with van der Waals surface area (Å²) in [6.07, 6.45) is 3.98. The Balaban J connectivity index is 2.28. The summed E-state index contributed by atoms with van der Waals surface area (Å²) in [4.78, 5) is 16.3. The van der Waals surface area contributed by atoms with Gasteiger partial charge in [-0.25, -0.2) is 4.98 Å². The van der Waals surface area contributed by atoms with Crippen LogP contribution in [0.3, 0.4) is 0 Å². The number of imidazole rings is 1. The summed E-state index contributed by atoms with van der Waals surface area (Å²) in [5.74, 6) is -0.383. The number of hydrogen-bond donors (Lipinski definition) is 1. The van der Waals surface area contributed by atoms with Crippen LogP contribution in [-0.4, -0.2) is 25.7 Å². The highest BCUT2D eigenvalue weighted by Gasteiger charge is 2.37. The van der Waals surface area contributed by atoms with Gasteiger partial charge in [0.2, 0.25) is 0 Å². The van der Waals surface area contributed by atoms with E-state index in [0.717, 1.165) is 0 Å². The molecule has 0 saturated carbocycles. The molecule has 4 nitrogen and oxygen atoms in total. The van der Waals surface area contributed by atoms with Crippen molar-refractivity contribution in [2.75, 3.05) is 5.88 Å². The lowest BCUT2D eigenvalue weighted by atomic mass is 10.2. The topological polar surface area (TPSA) is 46.9 Å². The Hall–Kier alpha value is -0.750. The monoisotopic (exact) mass is 409 g/mol. The van der Waals surface area contributed by atoms with Gasteiger partial charge >= 0.3 is 0 Å². The average Bonchev–Trinajstić information content (AvgIpc) is 2.98.